The Morgan fingerprint density at radius 1 is 1.22 bits per heavy atom. The van der Waals surface area contributed by atoms with Crippen LogP contribution in [-0.4, -0.2) is 97.4 Å². The van der Waals surface area contributed by atoms with Gasteiger partial charge in [-0.3, -0.25) is 9.59 Å². The van der Waals surface area contributed by atoms with Crippen LogP contribution in [0.5, 0.6) is 0 Å². The highest BCUT2D eigenvalue weighted by atomic mass is 19.1. The number of epoxide rings is 1. The van der Waals surface area contributed by atoms with Gasteiger partial charge in [-0.05, 0) is 69.9 Å². The molecule has 1 spiro atoms. The minimum atomic E-state index is -0.823. The second kappa shape index (κ2) is 15.3. The molecule has 1 aromatic carbocycles. The molecular formula is C34H44FNO9. The van der Waals surface area contributed by atoms with E-state index < -0.39 is 41.8 Å². The van der Waals surface area contributed by atoms with E-state index in [0.29, 0.717) is 19.6 Å². The number of ether oxygens (including phenoxy) is 5. The molecule has 3 heterocycles. The number of rotatable bonds is 11. The summed E-state index contributed by atoms with van der Waals surface area (Å²) in [6.45, 7) is 6.57. The van der Waals surface area contributed by atoms with Crippen molar-refractivity contribution in [2.24, 2.45) is 5.92 Å². The molecule has 0 aliphatic carbocycles. The predicted molar refractivity (Wildman–Crippen MR) is 163 cm³/mol. The molecule has 3 aliphatic rings. The van der Waals surface area contributed by atoms with Crippen molar-refractivity contribution in [3.63, 3.8) is 0 Å². The number of amides is 1. The van der Waals surface area contributed by atoms with E-state index in [1.165, 1.54) is 43.5 Å². The summed E-state index contributed by atoms with van der Waals surface area (Å²) in [4.78, 5) is 38.7. The standard InChI is InChI=1S/C34H44FNO9/c1-21(7-14-29-32(39)34(20-43-34)18-27(45-29)17-31(38)41-5)6-9-24-16-28(23(3)42-19-24)36(4)30(37)15-8-22(2)44-33(40)25-10-12-26(35)13-11-25/h6-8,10-15,22-24,27-29,32,39H,9,16-20H2,1-5H3/b14-7+,15-8-,21-6+/t22?,23?,24?,27-,28?,29-,32-,34-/m1/s1. The number of aliphatic hydroxyl groups is 1. The van der Waals surface area contributed by atoms with Crippen molar-refractivity contribution in [2.75, 3.05) is 27.4 Å². The number of benzene rings is 1. The highest BCUT2D eigenvalue weighted by Gasteiger charge is 2.58. The van der Waals surface area contributed by atoms with E-state index >= 15 is 0 Å². The molecule has 45 heavy (non-hydrogen) atoms. The quantitative estimate of drug-likeness (QED) is 0.168. The summed E-state index contributed by atoms with van der Waals surface area (Å²) in [6.07, 6.45) is 8.12. The van der Waals surface area contributed by atoms with Gasteiger partial charge in [0, 0.05) is 19.5 Å². The number of carbonyl (C=O) groups excluding carboxylic acids is 3. The topological polar surface area (TPSA) is 124 Å². The summed E-state index contributed by atoms with van der Waals surface area (Å²) in [5, 5.41) is 10.8. The van der Waals surface area contributed by atoms with Gasteiger partial charge in [-0.25, -0.2) is 9.18 Å². The van der Waals surface area contributed by atoms with Crippen LogP contribution in [0.2, 0.25) is 0 Å². The lowest BCUT2D eigenvalue weighted by molar-refractivity contribution is -0.157. The van der Waals surface area contributed by atoms with Crippen molar-refractivity contribution in [3.8, 4) is 0 Å². The largest absolute Gasteiger partial charge is 0.469 e. The van der Waals surface area contributed by atoms with Crippen molar-refractivity contribution >= 4 is 17.8 Å². The molecule has 0 saturated carbocycles. The van der Waals surface area contributed by atoms with E-state index in [-0.39, 0.29) is 41.9 Å². The number of allylic oxidation sites excluding steroid dienone is 3. The van der Waals surface area contributed by atoms with E-state index in [1.807, 2.05) is 26.0 Å². The second-order valence-corrected chi connectivity index (χ2v) is 12.2. The van der Waals surface area contributed by atoms with Gasteiger partial charge in [-0.15, -0.1) is 0 Å². The first-order valence-corrected chi connectivity index (χ1v) is 15.3. The van der Waals surface area contributed by atoms with Gasteiger partial charge in [-0.1, -0.05) is 23.8 Å². The van der Waals surface area contributed by atoms with E-state index in [2.05, 4.69) is 6.08 Å². The third-order valence-electron chi connectivity index (χ3n) is 8.67. The fraction of sp³-hybridized carbons (Fsp3) is 0.559. The van der Waals surface area contributed by atoms with Gasteiger partial charge in [-0.2, -0.15) is 0 Å². The maximum absolute atomic E-state index is 13.1. The van der Waals surface area contributed by atoms with Crippen LogP contribution in [0.15, 0.2) is 60.2 Å². The zero-order valence-electron chi connectivity index (χ0n) is 26.5. The molecule has 0 bridgehead atoms. The Bertz CT molecular complexity index is 1290. The lowest BCUT2D eigenvalue weighted by atomic mass is 9.87. The van der Waals surface area contributed by atoms with E-state index in [9.17, 15) is 23.9 Å². The molecule has 3 fully saturated rings. The molecule has 11 heteroatoms. The van der Waals surface area contributed by atoms with E-state index in [1.54, 1.807) is 18.9 Å². The molecule has 4 unspecified atom stereocenters. The lowest BCUT2D eigenvalue weighted by Crippen LogP contribution is -2.50. The molecule has 10 nitrogen and oxygen atoms in total. The molecule has 1 amide bonds. The highest BCUT2D eigenvalue weighted by Crippen LogP contribution is 2.43. The number of halogens is 1. The molecule has 8 atom stereocenters. The summed E-state index contributed by atoms with van der Waals surface area (Å²) in [5.74, 6) is -1.46. The summed E-state index contributed by atoms with van der Waals surface area (Å²) in [6, 6.07) is 4.92. The average molecular weight is 630 g/mol. The van der Waals surface area contributed by atoms with Crippen molar-refractivity contribution in [3.05, 3.63) is 71.6 Å². The second-order valence-electron chi connectivity index (χ2n) is 12.2. The molecule has 1 N–H and O–H groups in total. The molecule has 1 aromatic rings. The van der Waals surface area contributed by atoms with Crippen LogP contribution >= 0.6 is 0 Å². The number of esters is 2. The fourth-order valence-electron chi connectivity index (χ4n) is 5.74. The lowest BCUT2D eigenvalue weighted by Gasteiger charge is -2.39. The van der Waals surface area contributed by atoms with Crippen LogP contribution < -0.4 is 0 Å². The predicted octanol–water partition coefficient (Wildman–Crippen LogP) is 3.92. The zero-order chi connectivity index (χ0) is 32.7. The van der Waals surface area contributed by atoms with Gasteiger partial charge in [0.1, 0.15) is 29.7 Å². The van der Waals surface area contributed by atoms with Crippen molar-refractivity contribution in [1.29, 1.82) is 0 Å². The van der Waals surface area contributed by atoms with E-state index in [4.69, 9.17) is 23.7 Å². The molecule has 3 saturated heterocycles. The van der Waals surface area contributed by atoms with Crippen LogP contribution in [0.3, 0.4) is 0 Å². The Balaban J connectivity index is 1.27. The van der Waals surface area contributed by atoms with Gasteiger partial charge in [0.25, 0.3) is 0 Å². The van der Waals surface area contributed by atoms with Gasteiger partial charge in [0.2, 0.25) is 5.91 Å². The smallest absolute Gasteiger partial charge is 0.338 e. The number of nitrogens with zero attached hydrogens (tertiary/aromatic N) is 1. The minimum Gasteiger partial charge on any atom is -0.469 e. The first kappa shape index (κ1) is 34.5. The van der Waals surface area contributed by atoms with E-state index in [0.717, 1.165) is 18.4 Å². The number of likely N-dealkylation sites (N-methyl/N-ethyl adjacent to an activating group) is 1. The summed E-state index contributed by atoms with van der Waals surface area (Å²) >= 11 is 0. The van der Waals surface area contributed by atoms with Gasteiger partial charge >= 0.3 is 11.9 Å². The van der Waals surface area contributed by atoms with Gasteiger partial charge < -0.3 is 33.7 Å². The number of methoxy groups -OCH3 is 1. The first-order valence-electron chi connectivity index (χ1n) is 15.3. The Kier molecular flexibility index (Phi) is 11.7. The third kappa shape index (κ3) is 9.32. The molecule has 0 radical (unpaired) electrons. The van der Waals surface area contributed by atoms with Crippen LogP contribution in [0.25, 0.3) is 0 Å². The fourth-order valence-corrected chi connectivity index (χ4v) is 5.74. The molecule has 3 aliphatic heterocycles. The summed E-state index contributed by atoms with van der Waals surface area (Å²) < 4.78 is 40.8. The third-order valence-corrected chi connectivity index (χ3v) is 8.67. The minimum absolute atomic E-state index is 0.103. The number of aliphatic hydroxyl groups excluding tert-OH is 1. The normalized spacial score (nSPS) is 30.8. The summed E-state index contributed by atoms with van der Waals surface area (Å²) in [5.41, 5.74) is 0.544. The van der Waals surface area contributed by atoms with Gasteiger partial charge in [0.15, 0.2) is 0 Å². The van der Waals surface area contributed by atoms with Crippen LogP contribution in [0.4, 0.5) is 4.39 Å². The highest BCUT2D eigenvalue weighted by molar-refractivity contribution is 5.90. The van der Waals surface area contributed by atoms with Crippen molar-refractivity contribution in [2.45, 2.75) is 88.6 Å². The monoisotopic (exact) mass is 629 g/mol. The average Bonchev–Trinajstić information content (AvgIpc) is 3.80. The Hall–Kier alpha value is -3.38. The summed E-state index contributed by atoms with van der Waals surface area (Å²) in [7, 11) is 3.07. The number of carbonyl (C=O) groups is 3. The van der Waals surface area contributed by atoms with Crippen molar-refractivity contribution < 1.29 is 47.6 Å². The zero-order valence-corrected chi connectivity index (χ0v) is 26.5. The van der Waals surface area contributed by atoms with Crippen LogP contribution in [-0.2, 0) is 33.3 Å². The Morgan fingerprint density at radius 3 is 2.60 bits per heavy atom. The first-order chi connectivity index (χ1) is 21.4. The van der Waals surface area contributed by atoms with Gasteiger partial charge in [0.05, 0.1) is 50.6 Å². The number of hydrogen-bond donors (Lipinski definition) is 1. The van der Waals surface area contributed by atoms with Crippen molar-refractivity contribution in [1.82, 2.24) is 4.90 Å². The molecule has 246 valence electrons. The maximum atomic E-state index is 13.1. The van der Waals surface area contributed by atoms with Crippen LogP contribution in [0, 0.1) is 11.7 Å². The Morgan fingerprint density at radius 2 is 1.93 bits per heavy atom. The molecular weight excluding hydrogens is 585 g/mol. The Labute approximate surface area is 263 Å². The SMILES string of the molecule is COC(=O)C[C@@H]1C[C@@]2(CO2)[C@H](O)[C@@H](/C=C/C(C)=C/CC2COC(C)C(N(C)C(=O)/C=C\C(C)OC(=O)c3ccc(F)cc3)C2)O1. The number of hydrogen-bond acceptors (Lipinski definition) is 9. The molecule has 0 aromatic heterocycles. The maximum Gasteiger partial charge on any atom is 0.338 e. The molecule has 4 rings (SSSR count). The van der Waals surface area contributed by atoms with Crippen LogP contribution in [0.1, 0.15) is 56.8 Å².